The van der Waals surface area contributed by atoms with Crippen molar-refractivity contribution in [3.63, 3.8) is 0 Å². The van der Waals surface area contributed by atoms with Crippen LogP contribution < -0.4 is 0 Å². The van der Waals surface area contributed by atoms with Crippen LogP contribution in [0.1, 0.15) is 18.1 Å². The Morgan fingerprint density at radius 3 is 2.62 bits per heavy atom. The Bertz CT molecular complexity index is 830. The van der Waals surface area contributed by atoms with E-state index in [9.17, 15) is 8.78 Å². The van der Waals surface area contributed by atoms with Crippen LogP contribution in [0.5, 0.6) is 0 Å². The lowest BCUT2D eigenvalue weighted by molar-refractivity contribution is 0.577. The normalized spacial score (nSPS) is 12.8. The lowest BCUT2D eigenvalue weighted by Crippen LogP contribution is -2.04. The molecule has 0 amide bonds. The summed E-state index contributed by atoms with van der Waals surface area (Å²) < 4.78 is 29.7. The maximum Gasteiger partial charge on any atom is 0.150 e. The average molecular weight is 372 g/mol. The third kappa shape index (κ3) is 2.56. The SMILES string of the molecule is CC(Cl)c1nc2ccc(Br)cc2n1-c1ccc(F)cc1F. The molecule has 1 aromatic heterocycles. The fourth-order valence-electron chi connectivity index (χ4n) is 2.25. The van der Waals surface area contributed by atoms with Gasteiger partial charge < -0.3 is 0 Å². The van der Waals surface area contributed by atoms with Gasteiger partial charge in [0.2, 0.25) is 0 Å². The van der Waals surface area contributed by atoms with E-state index < -0.39 is 17.0 Å². The molecule has 0 saturated carbocycles. The third-order valence-electron chi connectivity index (χ3n) is 3.15. The van der Waals surface area contributed by atoms with Gasteiger partial charge in [0, 0.05) is 10.5 Å². The zero-order valence-corrected chi connectivity index (χ0v) is 13.3. The van der Waals surface area contributed by atoms with Gasteiger partial charge in [-0.25, -0.2) is 13.8 Å². The second kappa shape index (κ2) is 5.39. The molecule has 0 aliphatic heterocycles. The summed E-state index contributed by atoms with van der Waals surface area (Å²) in [6.07, 6.45) is 0. The van der Waals surface area contributed by atoms with Gasteiger partial charge in [-0.2, -0.15) is 0 Å². The molecular weight excluding hydrogens is 362 g/mol. The molecule has 3 rings (SSSR count). The van der Waals surface area contributed by atoms with Gasteiger partial charge in [0.25, 0.3) is 0 Å². The van der Waals surface area contributed by atoms with E-state index in [2.05, 4.69) is 20.9 Å². The highest BCUT2D eigenvalue weighted by molar-refractivity contribution is 9.10. The number of benzene rings is 2. The molecule has 1 heterocycles. The molecular formula is C15H10BrClF2N2. The van der Waals surface area contributed by atoms with Crippen LogP contribution >= 0.6 is 27.5 Å². The molecule has 0 aliphatic rings. The van der Waals surface area contributed by atoms with Gasteiger partial charge in [-0.05, 0) is 37.3 Å². The Kier molecular flexibility index (Phi) is 3.71. The monoisotopic (exact) mass is 370 g/mol. The third-order valence-corrected chi connectivity index (χ3v) is 3.84. The van der Waals surface area contributed by atoms with E-state index in [-0.39, 0.29) is 5.69 Å². The summed E-state index contributed by atoms with van der Waals surface area (Å²) >= 11 is 9.55. The van der Waals surface area contributed by atoms with Crippen LogP contribution in [0.3, 0.4) is 0 Å². The summed E-state index contributed by atoms with van der Waals surface area (Å²) in [5.74, 6) is -0.773. The number of fused-ring (bicyclic) bond motifs is 1. The number of hydrogen-bond donors (Lipinski definition) is 0. The van der Waals surface area contributed by atoms with E-state index in [1.165, 1.54) is 12.1 Å². The molecule has 3 aromatic rings. The van der Waals surface area contributed by atoms with Gasteiger partial charge in [0.1, 0.15) is 17.5 Å². The van der Waals surface area contributed by atoms with Crippen molar-refractivity contribution in [1.29, 1.82) is 0 Å². The first-order valence-electron chi connectivity index (χ1n) is 6.25. The number of hydrogen-bond acceptors (Lipinski definition) is 1. The topological polar surface area (TPSA) is 17.8 Å². The Balaban J connectivity index is 2.38. The first kappa shape index (κ1) is 14.5. The molecule has 0 fully saturated rings. The maximum absolute atomic E-state index is 14.1. The van der Waals surface area contributed by atoms with Gasteiger partial charge in [-0.3, -0.25) is 4.57 Å². The van der Waals surface area contributed by atoms with Crippen LogP contribution in [-0.4, -0.2) is 9.55 Å². The van der Waals surface area contributed by atoms with Gasteiger partial charge >= 0.3 is 0 Å². The Morgan fingerprint density at radius 2 is 1.95 bits per heavy atom. The summed E-state index contributed by atoms with van der Waals surface area (Å²) in [6.45, 7) is 1.76. The second-order valence-corrected chi connectivity index (χ2v) is 6.22. The van der Waals surface area contributed by atoms with Gasteiger partial charge in [-0.15, -0.1) is 11.6 Å². The molecule has 0 N–H and O–H groups in total. The highest BCUT2D eigenvalue weighted by atomic mass is 79.9. The van der Waals surface area contributed by atoms with Crippen molar-refractivity contribution in [2.24, 2.45) is 0 Å². The first-order chi connectivity index (χ1) is 9.97. The lowest BCUT2D eigenvalue weighted by atomic mass is 10.2. The molecule has 1 unspecified atom stereocenters. The predicted octanol–water partition coefficient (Wildman–Crippen LogP) is 5.37. The zero-order chi connectivity index (χ0) is 15.1. The fraction of sp³-hybridized carbons (Fsp3) is 0.133. The van der Waals surface area contributed by atoms with Crippen LogP contribution in [0, 0.1) is 11.6 Å². The minimum absolute atomic E-state index is 0.222. The second-order valence-electron chi connectivity index (χ2n) is 4.65. The highest BCUT2D eigenvalue weighted by Crippen LogP contribution is 2.30. The van der Waals surface area contributed by atoms with E-state index in [0.717, 1.165) is 10.5 Å². The standard InChI is InChI=1S/C15H10BrClF2N2/c1-8(17)15-20-12-4-2-9(16)6-14(12)21(15)13-5-3-10(18)7-11(13)19/h2-8H,1H3. The summed E-state index contributed by atoms with van der Waals surface area (Å²) in [5.41, 5.74) is 1.63. The lowest BCUT2D eigenvalue weighted by Gasteiger charge is -2.11. The number of rotatable bonds is 2. The Hall–Kier alpha value is -1.46. The molecule has 2 aromatic carbocycles. The van der Waals surface area contributed by atoms with E-state index in [1.54, 1.807) is 11.5 Å². The molecule has 0 spiro atoms. The molecule has 6 heteroatoms. The van der Waals surface area contributed by atoms with E-state index in [0.29, 0.717) is 16.9 Å². The van der Waals surface area contributed by atoms with Crippen LogP contribution in [0.2, 0.25) is 0 Å². The summed E-state index contributed by atoms with van der Waals surface area (Å²) in [4.78, 5) is 4.44. The summed E-state index contributed by atoms with van der Waals surface area (Å²) in [6, 6.07) is 8.94. The van der Waals surface area contributed by atoms with Crippen molar-refractivity contribution in [1.82, 2.24) is 9.55 Å². The molecule has 2 nitrogen and oxygen atoms in total. The van der Waals surface area contributed by atoms with E-state index >= 15 is 0 Å². The van der Waals surface area contributed by atoms with Crippen molar-refractivity contribution >= 4 is 38.6 Å². The van der Waals surface area contributed by atoms with Gasteiger partial charge in [0.05, 0.1) is 22.1 Å². The minimum Gasteiger partial charge on any atom is -0.292 e. The van der Waals surface area contributed by atoms with Crippen LogP contribution in [-0.2, 0) is 0 Å². The van der Waals surface area contributed by atoms with E-state index in [4.69, 9.17) is 11.6 Å². The summed E-state index contributed by atoms with van der Waals surface area (Å²) in [7, 11) is 0. The molecule has 108 valence electrons. The molecule has 0 bridgehead atoms. The van der Waals surface area contributed by atoms with Crippen molar-refractivity contribution in [3.05, 3.63) is 58.3 Å². The van der Waals surface area contributed by atoms with Crippen molar-refractivity contribution in [2.75, 3.05) is 0 Å². The average Bonchev–Trinajstić information content (AvgIpc) is 2.77. The predicted molar refractivity (Wildman–Crippen MR) is 83.0 cm³/mol. The van der Waals surface area contributed by atoms with Crippen LogP contribution in [0.25, 0.3) is 16.7 Å². The highest BCUT2D eigenvalue weighted by Gasteiger charge is 2.19. The minimum atomic E-state index is -0.659. The van der Waals surface area contributed by atoms with Crippen molar-refractivity contribution in [2.45, 2.75) is 12.3 Å². The van der Waals surface area contributed by atoms with Gasteiger partial charge in [-0.1, -0.05) is 15.9 Å². The van der Waals surface area contributed by atoms with Crippen molar-refractivity contribution < 1.29 is 8.78 Å². The Morgan fingerprint density at radius 1 is 1.19 bits per heavy atom. The molecule has 0 aliphatic carbocycles. The van der Waals surface area contributed by atoms with Crippen molar-refractivity contribution in [3.8, 4) is 5.69 Å². The molecule has 1 atom stereocenters. The van der Waals surface area contributed by atoms with E-state index in [1.807, 2.05) is 18.2 Å². The molecule has 21 heavy (non-hydrogen) atoms. The Labute approximate surface area is 133 Å². The number of alkyl halides is 1. The quantitative estimate of drug-likeness (QED) is 0.554. The van der Waals surface area contributed by atoms with Gasteiger partial charge in [0.15, 0.2) is 0 Å². The molecule has 0 radical (unpaired) electrons. The maximum atomic E-state index is 14.1. The number of halogens is 4. The number of aromatic nitrogens is 2. The number of imidazole rings is 1. The number of nitrogens with zero attached hydrogens (tertiary/aromatic N) is 2. The largest absolute Gasteiger partial charge is 0.292 e. The van der Waals surface area contributed by atoms with Crippen LogP contribution in [0.15, 0.2) is 40.9 Å². The fourth-order valence-corrected chi connectivity index (χ4v) is 2.75. The first-order valence-corrected chi connectivity index (χ1v) is 7.47. The van der Waals surface area contributed by atoms with Crippen LogP contribution in [0.4, 0.5) is 8.78 Å². The summed E-state index contributed by atoms with van der Waals surface area (Å²) in [5, 5.41) is -0.416. The zero-order valence-electron chi connectivity index (χ0n) is 10.9. The molecule has 0 saturated heterocycles. The smallest absolute Gasteiger partial charge is 0.150 e.